The minimum absolute atomic E-state index is 0.241. The highest BCUT2D eigenvalue weighted by Gasteiger charge is 2.33. The van der Waals surface area contributed by atoms with Gasteiger partial charge in [0.05, 0.1) is 18.1 Å². The maximum Gasteiger partial charge on any atom is 0.157 e. The number of aliphatic hydroxyl groups excluding tert-OH is 1. The van der Waals surface area contributed by atoms with E-state index in [1.807, 2.05) is 13.2 Å². The van der Waals surface area contributed by atoms with Crippen LogP contribution in [0.3, 0.4) is 0 Å². The molecule has 1 fully saturated rings. The van der Waals surface area contributed by atoms with Gasteiger partial charge in [-0.15, -0.1) is 0 Å². The molecule has 0 bridgehead atoms. The van der Waals surface area contributed by atoms with Gasteiger partial charge < -0.3 is 9.84 Å². The van der Waals surface area contributed by atoms with Crippen molar-refractivity contribution in [3.8, 4) is 11.4 Å². The topological polar surface area (TPSA) is 81.2 Å². The number of ether oxygens (including phenoxy) is 1. The lowest BCUT2D eigenvalue weighted by Crippen LogP contribution is -2.29. The van der Waals surface area contributed by atoms with Crippen LogP contribution in [0.2, 0.25) is 0 Å². The first-order valence-electron chi connectivity index (χ1n) is 8.59. The van der Waals surface area contributed by atoms with Crippen molar-refractivity contribution in [1.29, 1.82) is 0 Å². The van der Waals surface area contributed by atoms with Crippen LogP contribution in [0, 0.1) is 6.92 Å². The van der Waals surface area contributed by atoms with Gasteiger partial charge in [-0.05, 0) is 24.1 Å². The first kappa shape index (κ1) is 16.7. The van der Waals surface area contributed by atoms with Gasteiger partial charge in [-0.2, -0.15) is 10.2 Å². The molecule has 3 aromatic rings. The summed E-state index contributed by atoms with van der Waals surface area (Å²) in [7, 11) is 1.84. The van der Waals surface area contributed by atoms with Crippen molar-refractivity contribution in [3.63, 3.8) is 0 Å². The lowest BCUT2D eigenvalue weighted by molar-refractivity contribution is 0.0736. The summed E-state index contributed by atoms with van der Waals surface area (Å²) >= 11 is 0. The van der Waals surface area contributed by atoms with E-state index in [9.17, 15) is 5.11 Å². The average Bonchev–Trinajstić information content (AvgIpc) is 3.32. The summed E-state index contributed by atoms with van der Waals surface area (Å²) < 4.78 is 9.32. The van der Waals surface area contributed by atoms with Gasteiger partial charge >= 0.3 is 0 Å². The predicted molar refractivity (Wildman–Crippen MR) is 95.0 cm³/mol. The number of nitrogens with zero attached hydrogens (tertiary/aromatic N) is 6. The Kier molecular flexibility index (Phi) is 4.44. The Morgan fingerprint density at radius 2 is 2.15 bits per heavy atom. The fraction of sp³-hybridized carbons (Fsp3) is 0.389. The fourth-order valence-corrected chi connectivity index (χ4v) is 3.38. The lowest BCUT2D eigenvalue weighted by atomic mass is 10.1. The zero-order valence-corrected chi connectivity index (χ0v) is 14.9. The standard InChI is InChI=1S/C18H22N6O2/c1-13-5-14(3-4-16(13)24-12-19-11-21-24)7-23-9-17(25)18(10-23)26-15-6-20-22(2)8-15/h3-6,8,11-12,17-18,25H,7,9-10H2,1-2H3/t17-,18-/m1/s1. The van der Waals surface area contributed by atoms with Crippen molar-refractivity contribution in [3.05, 3.63) is 54.4 Å². The highest BCUT2D eigenvalue weighted by molar-refractivity contribution is 5.41. The highest BCUT2D eigenvalue weighted by atomic mass is 16.5. The summed E-state index contributed by atoms with van der Waals surface area (Å²) in [5, 5.41) is 18.6. The molecule has 136 valence electrons. The van der Waals surface area contributed by atoms with Gasteiger partial charge in [0.1, 0.15) is 24.9 Å². The van der Waals surface area contributed by atoms with E-state index in [0.29, 0.717) is 18.8 Å². The Balaban J connectivity index is 1.41. The van der Waals surface area contributed by atoms with Gasteiger partial charge in [-0.1, -0.05) is 12.1 Å². The molecular weight excluding hydrogens is 332 g/mol. The third-order valence-electron chi connectivity index (χ3n) is 4.61. The number of β-amino-alcohol motifs (C(OH)–C–C–N with tert-alkyl or cyclic N) is 1. The van der Waals surface area contributed by atoms with Gasteiger partial charge in [0.2, 0.25) is 0 Å². The number of hydrogen-bond donors (Lipinski definition) is 1. The minimum atomic E-state index is -0.509. The molecule has 0 amide bonds. The van der Waals surface area contributed by atoms with E-state index < -0.39 is 6.10 Å². The van der Waals surface area contributed by atoms with Crippen molar-refractivity contribution < 1.29 is 9.84 Å². The Labute approximate surface area is 151 Å². The van der Waals surface area contributed by atoms with Crippen LogP contribution >= 0.6 is 0 Å². The van der Waals surface area contributed by atoms with Crippen LogP contribution in [0.25, 0.3) is 5.69 Å². The second kappa shape index (κ2) is 6.89. The van der Waals surface area contributed by atoms with Crippen LogP contribution < -0.4 is 4.74 Å². The molecule has 1 aromatic carbocycles. The number of rotatable bonds is 5. The molecule has 0 aliphatic carbocycles. The van der Waals surface area contributed by atoms with Crippen molar-refractivity contribution in [2.24, 2.45) is 7.05 Å². The zero-order valence-electron chi connectivity index (χ0n) is 14.9. The molecule has 0 radical (unpaired) electrons. The van der Waals surface area contributed by atoms with Crippen molar-refractivity contribution >= 4 is 0 Å². The van der Waals surface area contributed by atoms with Gasteiger partial charge in [-0.25, -0.2) is 9.67 Å². The van der Waals surface area contributed by atoms with Gasteiger partial charge in [0.15, 0.2) is 5.75 Å². The number of aromatic nitrogens is 5. The quantitative estimate of drug-likeness (QED) is 0.734. The molecule has 3 heterocycles. The van der Waals surface area contributed by atoms with Gasteiger partial charge in [-0.3, -0.25) is 9.58 Å². The van der Waals surface area contributed by atoms with Gasteiger partial charge in [0.25, 0.3) is 0 Å². The number of hydrogen-bond acceptors (Lipinski definition) is 6. The molecule has 0 spiro atoms. The second-order valence-electron chi connectivity index (χ2n) is 6.73. The number of aryl methyl sites for hydroxylation is 2. The summed E-state index contributed by atoms with van der Waals surface area (Å²) in [4.78, 5) is 6.20. The highest BCUT2D eigenvalue weighted by Crippen LogP contribution is 2.21. The van der Waals surface area contributed by atoms with Crippen molar-refractivity contribution in [1.82, 2.24) is 29.4 Å². The van der Waals surface area contributed by atoms with E-state index in [2.05, 4.69) is 45.2 Å². The third kappa shape index (κ3) is 3.47. The summed E-state index contributed by atoms with van der Waals surface area (Å²) in [6.45, 7) is 4.10. The molecule has 1 aliphatic heterocycles. The SMILES string of the molecule is Cc1cc(CN2C[C@@H](O)[C@H](Oc3cnn(C)c3)C2)ccc1-n1cncn1. The van der Waals surface area contributed by atoms with Gasteiger partial charge in [0, 0.05) is 26.7 Å². The average molecular weight is 354 g/mol. The minimum Gasteiger partial charge on any atom is -0.483 e. The van der Waals surface area contributed by atoms with Crippen LogP contribution in [0.1, 0.15) is 11.1 Å². The van der Waals surface area contributed by atoms with E-state index in [0.717, 1.165) is 17.8 Å². The number of benzene rings is 1. The van der Waals surface area contributed by atoms with E-state index in [-0.39, 0.29) is 6.10 Å². The summed E-state index contributed by atoms with van der Waals surface area (Å²) in [5.41, 5.74) is 3.35. The Hall–Kier alpha value is -2.71. The molecule has 1 saturated heterocycles. The molecule has 1 aliphatic rings. The summed E-state index contributed by atoms with van der Waals surface area (Å²) in [6, 6.07) is 6.29. The molecule has 0 unspecified atom stereocenters. The molecule has 2 atom stereocenters. The van der Waals surface area contributed by atoms with Crippen LogP contribution in [0.15, 0.2) is 43.2 Å². The Bertz CT molecular complexity index is 876. The van der Waals surface area contributed by atoms with E-state index in [4.69, 9.17) is 4.74 Å². The maximum atomic E-state index is 10.3. The molecular formula is C18H22N6O2. The first-order valence-corrected chi connectivity index (χ1v) is 8.59. The van der Waals surface area contributed by atoms with Crippen LogP contribution in [0.5, 0.6) is 5.75 Å². The molecule has 8 heteroatoms. The number of likely N-dealkylation sites (tertiary alicyclic amines) is 1. The van der Waals surface area contributed by atoms with Crippen molar-refractivity contribution in [2.75, 3.05) is 13.1 Å². The van der Waals surface area contributed by atoms with Crippen LogP contribution in [0.4, 0.5) is 0 Å². The van der Waals surface area contributed by atoms with Crippen LogP contribution in [-0.2, 0) is 13.6 Å². The molecule has 4 rings (SSSR count). The Morgan fingerprint density at radius 1 is 1.27 bits per heavy atom. The molecule has 8 nitrogen and oxygen atoms in total. The normalized spacial score (nSPS) is 20.6. The number of aliphatic hydroxyl groups is 1. The smallest absolute Gasteiger partial charge is 0.157 e. The zero-order chi connectivity index (χ0) is 18.1. The van der Waals surface area contributed by atoms with E-state index in [1.54, 1.807) is 21.9 Å². The van der Waals surface area contributed by atoms with Crippen molar-refractivity contribution in [2.45, 2.75) is 25.7 Å². The first-order chi connectivity index (χ1) is 12.6. The van der Waals surface area contributed by atoms with Crippen LogP contribution in [-0.4, -0.2) is 59.8 Å². The third-order valence-corrected chi connectivity index (χ3v) is 4.61. The molecule has 0 saturated carbocycles. The monoisotopic (exact) mass is 354 g/mol. The second-order valence-corrected chi connectivity index (χ2v) is 6.73. The fourth-order valence-electron chi connectivity index (χ4n) is 3.38. The molecule has 2 aromatic heterocycles. The largest absolute Gasteiger partial charge is 0.483 e. The van der Waals surface area contributed by atoms with E-state index >= 15 is 0 Å². The molecule has 1 N–H and O–H groups in total. The predicted octanol–water partition coefficient (Wildman–Crippen LogP) is 0.933. The Morgan fingerprint density at radius 3 is 2.85 bits per heavy atom. The summed E-state index contributed by atoms with van der Waals surface area (Å²) in [5.74, 6) is 0.687. The van der Waals surface area contributed by atoms with E-state index in [1.165, 1.54) is 11.9 Å². The maximum absolute atomic E-state index is 10.3. The summed E-state index contributed by atoms with van der Waals surface area (Å²) in [6.07, 6.45) is 5.95. The lowest BCUT2D eigenvalue weighted by Gasteiger charge is -2.17. The molecule has 26 heavy (non-hydrogen) atoms.